The van der Waals surface area contributed by atoms with Gasteiger partial charge in [0.1, 0.15) is 0 Å². The lowest BCUT2D eigenvalue weighted by Gasteiger charge is -2.20. The van der Waals surface area contributed by atoms with Gasteiger partial charge in [-0.3, -0.25) is 0 Å². The summed E-state index contributed by atoms with van der Waals surface area (Å²) in [6.45, 7) is 2.31. The predicted octanol–water partition coefficient (Wildman–Crippen LogP) is 3.34. The summed E-state index contributed by atoms with van der Waals surface area (Å²) < 4.78 is 31.4. The number of benzene rings is 2. The Kier molecular flexibility index (Phi) is 5.99. The zero-order valence-corrected chi connectivity index (χ0v) is 15.0. The van der Waals surface area contributed by atoms with Gasteiger partial charge in [-0.1, -0.05) is 30.7 Å². The second-order valence-electron chi connectivity index (χ2n) is 5.07. The maximum Gasteiger partial charge on any atom is 0.337 e. The van der Waals surface area contributed by atoms with Crippen LogP contribution in [0, 0.1) is 0 Å². The fraction of sp³-hybridized carbons (Fsp3) is 0.235. The molecule has 0 N–H and O–H groups in total. The van der Waals surface area contributed by atoms with E-state index in [1.807, 2.05) is 0 Å². The predicted molar refractivity (Wildman–Crippen MR) is 92.5 cm³/mol. The van der Waals surface area contributed by atoms with Gasteiger partial charge in [0, 0.05) is 18.1 Å². The quantitative estimate of drug-likeness (QED) is 0.734. The number of carbonyl (C=O) groups excluding carboxylic acids is 1. The number of sulfonamides is 1. The monoisotopic (exact) mass is 367 g/mol. The maximum atomic E-state index is 12.7. The Balaban J connectivity index is 2.22. The Morgan fingerprint density at radius 2 is 1.67 bits per heavy atom. The Bertz CT molecular complexity index is 801. The minimum Gasteiger partial charge on any atom is -0.465 e. The second-order valence-corrected chi connectivity index (χ2v) is 7.45. The molecule has 0 amide bonds. The molecular weight excluding hydrogens is 350 g/mol. The van der Waals surface area contributed by atoms with Crippen LogP contribution in [0.2, 0.25) is 5.02 Å². The summed E-state index contributed by atoms with van der Waals surface area (Å²) in [5.74, 6) is -0.428. The molecule has 5 nitrogen and oxygen atoms in total. The Labute approximate surface area is 146 Å². The topological polar surface area (TPSA) is 63.7 Å². The maximum absolute atomic E-state index is 12.7. The normalized spacial score (nSPS) is 11.5. The number of esters is 1. The molecule has 2 rings (SSSR count). The van der Waals surface area contributed by atoms with Crippen LogP contribution in [0.3, 0.4) is 0 Å². The molecule has 0 fully saturated rings. The molecule has 24 heavy (non-hydrogen) atoms. The Morgan fingerprint density at radius 3 is 2.17 bits per heavy atom. The first-order valence-electron chi connectivity index (χ1n) is 7.31. The molecule has 7 heteroatoms. The molecular formula is C17H18ClNO4S. The number of hydrogen-bond acceptors (Lipinski definition) is 4. The first-order chi connectivity index (χ1) is 11.4. The van der Waals surface area contributed by atoms with Gasteiger partial charge < -0.3 is 4.74 Å². The summed E-state index contributed by atoms with van der Waals surface area (Å²) in [6.07, 6.45) is 0. The molecule has 0 unspecified atom stereocenters. The third kappa shape index (κ3) is 4.14. The molecule has 0 saturated carbocycles. The van der Waals surface area contributed by atoms with Crippen LogP contribution >= 0.6 is 11.6 Å². The summed E-state index contributed by atoms with van der Waals surface area (Å²) in [7, 11) is -2.30. The molecule has 0 aliphatic carbocycles. The average Bonchev–Trinajstić information content (AvgIpc) is 2.59. The van der Waals surface area contributed by atoms with Gasteiger partial charge >= 0.3 is 5.97 Å². The van der Waals surface area contributed by atoms with E-state index in [1.54, 1.807) is 43.3 Å². The fourth-order valence-electron chi connectivity index (χ4n) is 2.19. The van der Waals surface area contributed by atoms with E-state index >= 15 is 0 Å². The van der Waals surface area contributed by atoms with Crippen molar-refractivity contribution in [3.8, 4) is 0 Å². The van der Waals surface area contributed by atoms with Gasteiger partial charge in [-0.2, -0.15) is 4.31 Å². The smallest absolute Gasteiger partial charge is 0.337 e. The number of hydrogen-bond donors (Lipinski definition) is 0. The van der Waals surface area contributed by atoms with Gasteiger partial charge in [0.05, 0.1) is 17.6 Å². The highest BCUT2D eigenvalue weighted by Gasteiger charge is 2.23. The zero-order valence-electron chi connectivity index (χ0n) is 13.4. The van der Waals surface area contributed by atoms with Crippen molar-refractivity contribution in [3.05, 3.63) is 64.7 Å². The van der Waals surface area contributed by atoms with Gasteiger partial charge in [0.2, 0.25) is 10.0 Å². The van der Waals surface area contributed by atoms with E-state index in [0.29, 0.717) is 17.1 Å². The molecule has 0 spiro atoms. The van der Waals surface area contributed by atoms with Crippen LogP contribution in [-0.4, -0.2) is 32.3 Å². The van der Waals surface area contributed by atoms with Crippen molar-refractivity contribution in [2.45, 2.75) is 18.4 Å². The van der Waals surface area contributed by atoms with E-state index in [1.165, 1.54) is 23.5 Å². The van der Waals surface area contributed by atoms with Crippen LogP contribution < -0.4 is 0 Å². The number of carbonyl (C=O) groups is 1. The van der Waals surface area contributed by atoms with Gasteiger partial charge in [0.25, 0.3) is 0 Å². The molecule has 0 saturated heterocycles. The summed E-state index contributed by atoms with van der Waals surface area (Å²) in [5, 5.41) is 0.482. The molecule has 0 aliphatic heterocycles. The minimum atomic E-state index is -3.61. The lowest BCUT2D eigenvalue weighted by molar-refractivity contribution is 0.0600. The van der Waals surface area contributed by atoms with E-state index < -0.39 is 16.0 Å². The van der Waals surface area contributed by atoms with Gasteiger partial charge in [0.15, 0.2) is 0 Å². The highest BCUT2D eigenvalue weighted by atomic mass is 35.5. The molecule has 0 aromatic heterocycles. The largest absolute Gasteiger partial charge is 0.465 e. The Morgan fingerprint density at radius 1 is 1.08 bits per heavy atom. The van der Waals surface area contributed by atoms with Crippen molar-refractivity contribution in [1.82, 2.24) is 4.31 Å². The van der Waals surface area contributed by atoms with Crippen molar-refractivity contribution in [3.63, 3.8) is 0 Å². The van der Waals surface area contributed by atoms with E-state index in [2.05, 4.69) is 4.74 Å². The molecule has 0 atom stereocenters. The van der Waals surface area contributed by atoms with Gasteiger partial charge in [-0.25, -0.2) is 13.2 Å². The summed E-state index contributed by atoms with van der Waals surface area (Å²) in [4.78, 5) is 11.6. The van der Waals surface area contributed by atoms with Crippen molar-refractivity contribution in [1.29, 1.82) is 0 Å². The zero-order chi connectivity index (χ0) is 17.7. The number of ether oxygens (including phenoxy) is 1. The molecule has 0 heterocycles. The van der Waals surface area contributed by atoms with E-state index in [4.69, 9.17) is 11.6 Å². The Hall–Kier alpha value is -1.89. The fourth-order valence-corrected chi connectivity index (χ4v) is 3.75. The van der Waals surface area contributed by atoms with Gasteiger partial charge in [-0.15, -0.1) is 0 Å². The SMILES string of the molecule is CCN(Cc1ccc(C(=O)OC)cc1)S(=O)(=O)c1ccc(Cl)cc1. The standard InChI is InChI=1S/C17H18ClNO4S/c1-3-19(24(21,22)16-10-8-15(18)9-11-16)12-13-4-6-14(7-5-13)17(20)23-2/h4-11H,3,12H2,1-2H3. The molecule has 2 aromatic carbocycles. The first-order valence-corrected chi connectivity index (χ1v) is 9.13. The van der Waals surface area contributed by atoms with Crippen molar-refractivity contribution in [2.24, 2.45) is 0 Å². The number of methoxy groups -OCH3 is 1. The second kappa shape index (κ2) is 7.79. The highest BCUT2D eigenvalue weighted by Crippen LogP contribution is 2.20. The number of nitrogens with zero attached hydrogens (tertiary/aromatic N) is 1. The van der Waals surface area contributed by atoms with Crippen molar-refractivity contribution < 1.29 is 17.9 Å². The molecule has 2 aromatic rings. The third-order valence-electron chi connectivity index (χ3n) is 3.54. The first kappa shape index (κ1) is 18.4. The van der Waals surface area contributed by atoms with E-state index in [9.17, 15) is 13.2 Å². The molecule has 0 aliphatic rings. The van der Waals surface area contributed by atoms with Crippen LogP contribution in [-0.2, 0) is 21.3 Å². The third-order valence-corrected chi connectivity index (χ3v) is 5.73. The van der Waals surface area contributed by atoms with E-state index in [-0.39, 0.29) is 11.4 Å². The minimum absolute atomic E-state index is 0.194. The van der Waals surface area contributed by atoms with Crippen LogP contribution in [0.5, 0.6) is 0 Å². The highest BCUT2D eigenvalue weighted by molar-refractivity contribution is 7.89. The summed E-state index contributed by atoms with van der Waals surface area (Å²) in [6, 6.07) is 12.7. The van der Waals surface area contributed by atoms with Crippen molar-refractivity contribution in [2.75, 3.05) is 13.7 Å². The molecule has 128 valence electrons. The summed E-state index contributed by atoms with van der Waals surface area (Å²) in [5.41, 5.74) is 1.20. The van der Waals surface area contributed by atoms with Gasteiger partial charge in [-0.05, 0) is 42.0 Å². The van der Waals surface area contributed by atoms with E-state index in [0.717, 1.165) is 5.56 Å². The van der Waals surface area contributed by atoms with Crippen LogP contribution in [0.1, 0.15) is 22.8 Å². The van der Waals surface area contributed by atoms with Crippen molar-refractivity contribution >= 4 is 27.6 Å². The molecule has 0 bridgehead atoms. The lowest BCUT2D eigenvalue weighted by atomic mass is 10.1. The number of halogens is 1. The van der Waals surface area contributed by atoms with Crippen LogP contribution in [0.4, 0.5) is 0 Å². The number of rotatable bonds is 6. The van der Waals surface area contributed by atoms with Crippen LogP contribution in [0.25, 0.3) is 0 Å². The molecule has 0 radical (unpaired) electrons. The summed E-state index contributed by atoms with van der Waals surface area (Å²) >= 11 is 5.81. The average molecular weight is 368 g/mol. The lowest BCUT2D eigenvalue weighted by Crippen LogP contribution is -2.30. The van der Waals surface area contributed by atoms with Crippen LogP contribution in [0.15, 0.2) is 53.4 Å².